The van der Waals surface area contributed by atoms with Gasteiger partial charge in [0.25, 0.3) is 5.91 Å². The van der Waals surface area contributed by atoms with Gasteiger partial charge < -0.3 is 0 Å². The van der Waals surface area contributed by atoms with Crippen LogP contribution in [-0.2, 0) is 4.79 Å². The van der Waals surface area contributed by atoms with Crippen LogP contribution in [0.5, 0.6) is 0 Å². The molecule has 3 rings (SSSR count). The molecule has 0 aliphatic heterocycles. The Balaban J connectivity index is 1.84. The summed E-state index contributed by atoms with van der Waals surface area (Å²) in [4.78, 5) is 13.6. The van der Waals surface area contributed by atoms with Crippen LogP contribution in [0.4, 0.5) is 0 Å². The van der Waals surface area contributed by atoms with E-state index in [4.69, 9.17) is 0 Å². The van der Waals surface area contributed by atoms with Crippen LogP contribution >= 0.6 is 11.8 Å². The summed E-state index contributed by atoms with van der Waals surface area (Å²) < 4.78 is 1.45. The van der Waals surface area contributed by atoms with Crippen molar-refractivity contribution < 1.29 is 4.79 Å². The number of hydrogen-bond acceptors (Lipinski definition) is 4. The number of thioether (sulfide) groups is 1. The molecule has 0 fully saturated rings. The minimum absolute atomic E-state index is 0.125. The summed E-state index contributed by atoms with van der Waals surface area (Å²) in [6, 6.07) is 19.6. The van der Waals surface area contributed by atoms with Crippen LogP contribution in [0.3, 0.4) is 0 Å². The molecule has 0 bridgehead atoms. The lowest BCUT2D eigenvalue weighted by Gasteiger charge is -2.17. The van der Waals surface area contributed by atoms with E-state index in [1.165, 1.54) is 29.1 Å². The molecule has 1 aromatic heterocycles. The first-order valence-electron chi connectivity index (χ1n) is 6.75. The molecular formula is C16H14N4OS. The maximum atomic E-state index is 12.6. The van der Waals surface area contributed by atoms with Gasteiger partial charge >= 0.3 is 0 Å². The molecule has 0 aliphatic rings. The number of carbonyl (C=O) groups excluding carboxylic acids is 1. The van der Waals surface area contributed by atoms with Gasteiger partial charge in [-0.15, -0.1) is 22.0 Å². The number of nitrogens with zero attached hydrogens (tertiary/aromatic N) is 3. The number of nitrogens with one attached hydrogen (secondary N) is 1. The van der Waals surface area contributed by atoms with Crippen LogP contribution in [0.15, 0.2) is 78.2 Å². The molecule has 5 nitrogen and oxygen atoms in total. The highest BCUT2D eigenvalue weighted by molar-refractivity contribution is 8.00. The standard InChI is InChI=1S/C16H14N4OS/c21-16(19-20-11-17-18-12-20)15(13-7-3-1-4-8-13)22-14-9-5-2-6-10-14/h1-12,15H,(H,19,21)/t15-/m1/s1. The Kier molecular flexibility index (Phi) is 4.50. The Labute approximate surface area is 132 Å². The van der Waals surface area contributed by atoms with E-state index in [-0.39, 0.29) is 11.2 Å². The van der Waals surface area contributed by atoms with Gasteiger partial charge in [-0.25, -0.2) is 4.68 Å². The van der Waals surface area contributed by atoms with Gasteiger partial charge in [0.1, 0.15) is 17.9 Å². The molecule has 0 spiro atoms. The van der Waals surface area contributed by atoms with E-state index < -0.39 is 0 Å². The Bertz CT molecular complexity index is 716. The Morgan fingerprint density at radius 3 is 2.18 bits per heavy atom. The third-order valence-corrected chi connectivity index (χ3v) is 4.26. The fraction of sp³-hybridized carbons (Fsp3) is 0.0625. The summed E-state index contributed by atoms with van der Waals surface area (Å²) in [7, 11) is 0. The summed E-state index contributed by atoms with van der Waals surface area (Å²) in [5, 5.41) is 7.01. The second-order valence-electron chi connectivity index (χ2n) is 4.57. The maximum Gasteiger partial charge on any atom is 0.256 e. The van der Waals surface area contributed by atoms with Gasteiger partial charge in [0.05, 0.1) is 0 Å². The van der Waals surface area contributed by atoms with Crippen molar-refractivity contribution in [3.63, 3.8) is 0 Å². The first-order valence-corrected chi connectivity index (χ1v) is 7.63. The third-order valence-electron chi connectivity index (χ3n) is 3.00. The van der Waals surface area contributed by atoms with E-state index in [0.717, 1.165) is 10.5 Å². The molecule has 0 unspecified atom stereocenters. The van der Waals surface area contributed by atoms with Crippen LogP contribution in [0.25, 0.3) is 0 Å². The highest BCUT2D eigenvalue weighted by atomic mass is 32.2. The number of benzene rings is 2. The number of rotatable bonds is 5. The molecule has 0 saturated heterocycles. The van der Waals surface area contributed by atoms with Crippen LogP contribution in [0.1, 0.15) is 10.8 Å². The van der Waals surface area contributed by atoms with Crippen molar-refractivity contribution in [1.82, 2.24) is 14.9 Å². The van der Waals surface area contributed by atoms with Gasteiger partial charge in [-0.1, -0.05) is 48.5 Å². The zero-order chi connectivity index (χ0) is 15.2. The normalized spacial score (nSPS) is 11.8. The second kappa shape index (κ2) is 6.91. The van der Waals surface area contributed by atoms with Crippen molar-refractivity contribution in [3.8, 4) is 0 Å². The predicted octanol–water partition coefficient (Wildman–Crippen LogP) is 2.88. The fourth-order valence-corrected chi connectivity index (χ4v) is 3.02. The van der Waals surface area contributed by atoms with Crippen LogP contribution < -0.4 is 5.43 Å². The van der Waals surface area contributed by atoms with Crippen LogP contribution in [0.2, 0.25) is 0 Å². The molecule has 3 aromatic rings. The van der Waals surface area contributed by atoms with Gasteiger partial charge in [-0.3, -0.25) is 10.2 Å². The fourth-order valence-electron chi connectivity index (χ4n) is 1.98. The third kappa shape index (κ3) is 3.53. The molecule has 110 valence electrons. The molecule has 1 heterocycles. The summed E-state index contributed by atoms with van der Waals surface area (Å²) in [6.45, 7) is 0. The first-order chi connectivity index (χ1) is 10.8. The molecule has 0 saturated carbocycles. The Morgan fingerprint density at radius 2 is 1.55 bits per heavy atom. The highest BCUT2D eigenvalue weighted by Gasteiger charge is 2.22. The zero-order valence-electron chi connectivity index (χ0n) is 11.7. The minimum Gasteiger partial charge on any atom is -0.272 e. The average Bonchev–Trinajstić information content (AvgIpc) is 3.07. The van der Waals surface area contributed by atoms with Crippen molar-refractivity contribution in [2.24, 2.45) is 0 Å². The Morgan fingerprint density at radius 1 is 0.955 bits per heavy atom. The van der Waals surface area contributed by atoms with E-state index in [0.29, 0.717) is 0 Å². The van der Waals surface area contributed by atoms with Crippen molar-refractivity contribution in [1.29, 1.82) is 0 Å². The smallest absolute Gasteiger partial charge is 0.256 e. The summed E-state index contributed by atoms with van der Waals surface area (Å²) in [6.07, 6.45) is 2.90. The van der Waals surface area contributed by atoms with Crippen LogP contribution in [0, 0.1) is 0 Å². The maximum absolute atomic E-state index is 12.6. The molecule has 0 radical (unpaired) electrons. The van der Waals surface area contributed by atoms with Crippen molar-refractivity contribution in [2.45, 2.75) is 10.1 Å². The van der Waals surface area contributed by atoms with E-state index in [1.807, 2.05) is 60.7 Å². The van der Waals surface area contributed by atoms with Crippen molar-refractivity contribution in [3.05, 3.63) is 78.9 Å². The number of hydrogen-bond donors (Lipinski definition) is 1. The zero-order valence-corrected chi connectivity index (χ0v) is 12.5. The van der Waals surface area contributed by atoms with E-state index in [2.05, 4.69) is 15.6 Å². The van der Waals surface area contributed by atoms with Gasteiger partial charge in [0.2, 0.25) is 0 Å². The number of aromatic nitrogens is 3. The Hall–Kier alpha value is -2.60. The molecular weight excluding hydrogens is 296 g/mol. The van der Waals surface area contributed by atoms with Gasteiger partial charge in [-0.05, 0) is 17.7 Å². The molecule has 6 heteroatoms. The summed E-state index contributed by atoms with van der Waals surface area (Å²) in [5.74, 6) is -0.125. The highest BCUT2D eigenvalue weighted by Crippen LogP contribution is 2.35. The average molecular weight is 310 g/mol. The van der Waals surface area contributed by atoms with Crippen molar-refractivity contribution in [2.75, 3.05) is 5.43 Å². The molecule has 0 aliphatic carbocycles. The lowest BCUT2D eigenvalue weighted by molar-refractivity contribution is -0.116. The monoisotopic (exact) mass is 310 g/mol. The van der Waals surface area contributed by atoms with Crippen molar-refractivity contribution >= 4 is 17.7 Å². The largest absolute Gasteiger partial charge is 0.272 e. The predicted molar refractivity (Wildman–Crippen MR) is 85.9 cm³/mol. The summed E-state index contributed by atoms with van der Waals surface area (Å²) >= 11 is 1.51. The lowest BCUT2D eigenvalue weighted by Crippen LogP contribution is -2.26. The number of carbonyl (C=O) groups is 1. The minimum atomic E-state index is -0.356. The molecule has 2 aromatic carbocycles. The number of amides is 1. The van der Waals surface area contributed by atoms with E-state index in [9.17, 15) is 4.79 Å². The van der Waals surface area contributed by atoms with Gasteiger partial charge in [0.15, 0.2) is 0 Å². The van der Waals surface area contributed by atoms with Gasteiger partial charge in [-0.2, -0.15) is 0 Å². The molecule has 22 heavy (non-hydrogen) atoms. The second-order valence-corrected chi connectivity index (χ2v) is 5.75. The molecule has 1 N–H and O–H groups in total. The van der Waals surface area contributed by atoms with Gasteiger partial charge in [0, 0.05) is 4.90 Å². The quantitative estimate of drug-likeness (QED) is 0.736. The van der Waals surface area contributed by atoms with Crippen LogP contribution in [-0.4, -0.2) is 20.8 Å². The first kappa shape index (κ1) is 14.3. The van der Waals surface area contributed by atoms with E-state index in [1.54, 1.807) is 0 Å². The molecule has 1 amide bonds. The topological polar surface area (TPSA) is 59.8 Å². The molecule has 1 atom stereocenters. The lowest BCUT2D eigenvalue weighted by atomic mass is 10.1. The summed E-state index contributed by atoms with van der Waals surface area (Å²) in [5.41, 5.74) is 3.72. The van der Waals surface area contributed by atoms with E-state index >= 15 is 0 Å². The SMILES string of the molecule is O=C(Nn1cnnc1)[C@H](Sc1ccccc1)c1ccccc1.